The number of aryl methyl sites for hydroxylation is 1. The molecule has 3 atom stereocenters. The van der Waals surface area contributed by atoms with E-state index in [0.717, 1.165) is 49.8 Å². The molecule has 0 aromatic carbocycles. The van der Waals surface area contributed by atoms with Crippen molar-refractivity contribution in [3.63, 3.8) is 0 Å². The number of rotatable bonds is 5. The lowest BCUT2D eigenvalue weighted by atomic mass is 10.1. The lowest BCUT2D eigenvalue weighted by Gasteiger charge is -2.38. The Morgan fingerprint density at radius 2 is 2.16 bits per heavy atom. The molecule has 4 rings (SSSR count). The molecule has 2 aliphatic rings. The fourth-order valence-corrected chi connectivity index (χ4v) is 3.83. The summed E-state index contributed by atoms with van der Waals surface area (Å²) < 4.78 is 11.9. The van der Waals surface area contributed by atoms with E-state index in [1.54, 1.807) is 6.20 Å². The third-order valence-electron chi connectivity index (χ3n) is 5.04. The maximum Gasteiger partial charge on any atom is 0.151 e. The highest BCUT2D eigenvalue weighted by Gasteiger charge is 2.41. The predicted molar refractivity (Wildman–Crippen MR) is 94.3 cm³/mol. The highest BCUT2D eigenvalue weighted by Crippen LogP contribution is 2.36. The van der Waals surface area contributed by atoms with Crippen molar-refractivity contribution in [1.29, 1.82) is 0 Å². The second-order valence-corrected chi connectivity index (χ2v) is 6.88. The highest BCUT2D eigenvalue weighted by molar-refractivity contribution is 5.40. The van der Waals surface area contributed by atoms with Crippen LogP contribution in [0.2, 0.25) is 0 Å². The number of anilines is 1. The number of morpholine rings is 1. The number of hydrogen-bond acceptors (Lipinski definition) is 6. The monoisotopic (exact) mass is 340 g/mol. The van der Waals surface area contributed by atoms with Crippen LogP contribution in [0.15, 0.2) is 36.5 Å². The van der Waals surface area contributed by atoms with E-state index in [0.29, 0.717) is 18.6 Å². The van der Waals surface area contributed by atoms with Crippen molar-refractivity contribution in [2.75, 3.05) is 24.7 Å². The fraction of sp³-hybridized carbons (Fsp3) is 0.526. The minimum Gasteiger partial charge on any atom is -0.375 e. The first-order valence-electron chi connectivity index (χ1n) is 8.96. The molecule has 2 fully saturated rings. The van der Waals surface area contributed by atoms with Crippen molar-refractivity contribution in [1.82, 2.24) is 15.2 Å². The molecule has 0 bridgehead atoms. The molecule has 1 saturated carbocycles. The second kappa shape index (κ2) is 7.45. The van der Waals surface area contributed by atoms with Crippen LogP contribution in [0.1, 0.15) is 24.2 Å². The average Bonchev–Trinajstić information content (AvgIpc) is 3.06. The van der Waals surface area contributed by atoms with Gasteiger partial charge in [0.1, 0.15) is 0 Å². The van der Waals surface area contributed by atoms with Gasteiger partial charge in [0, 0.05) is 12.7 Å². The summed E-state index contributed by atoms with van der Waals surface area (Å²) in [5.74, 6) is 1.47. The van der Waals surface area contributed by atoms with Crippen LogP contribution < -0.4 is 4.90 Å². The quantitative estimate of drug-likeness (QED) is 0.833. The number of ether oxygens (including phenoxy) is 2. The Hall–Kier alpha value is -2.05. The van der Waals surface area contributed by atoms with Crippen molar-refractivity contribution in [3.05, 3.63) is 47.9 Å². The van der Waals surface area contributed by atoms with Crippen molar-refractivity contribution in [2.45, 2.75) is 38.5 Å². The van der Waals surface area contributed by atoms with E-state index < -0.39 is 0 Å². The first-order chi connectivity index (χ1) is 12.3. The Labute approximate surface area is 148 Å². The molecule has 2 aromatic rings. The van der Waals surface area contributed by atoms with Crippen LogP contribution in [0.4, 0.5) is 5.82 Å². The van der Waals surface area contributed by atoms with Gasteiger partial charge in [-0.2, -0.15) is 5.10 Å². The molecule has 1 aliphatic heterocycles. The summed E-state index contributed by atoms with van der Waals surface area (Å²) in [5.41, 5.74) is 1.92. The van der Waals surface area contributed by atoms with Crippen LogP contribution in [0.3, 0.4) is 0 Å². The zero-order chi connectivity index (χ0) is 17.1. The SMILES string of the molecule is Cc1ccc(N2CCOC3CC(COCc4ccccn4)CC32)nn1. The van der Waals surface area contributed by atoms with Gasteiger partial charge in [-0.3, -0.25) is 4.98 Å². The van der Waals surface area contributed by atoms with Crippen LogP contribution in [-0.2, 0) is 16.1 Å². The van der Waals surface area contributed by atoms with Gasteiger partial charge in [-0.15, -0.1) is 5.10 Å². The summed E-state index contributed by atoms with van der Waals surface area (Å²) in [7, 11) is 0. The Bertz CT molecular complexity index is 680. The largest absolute Gasteiger partial charge is 0.375 e. The van der Waals surface area contributed by atoms with Crippen LogP contribution >= 0.6 is 0 Å². The first kappa shape index (κ1) is 16.4. The molecule has 6 nitrogen and oxygen atoms in total. The molecule has 6 heteroatoms. The van der Waals surface area contributed by atoms with Crippen molar-refractivity contribution < 1.29 is 9.47 Å². The van der Waals surface area contributed by atoms with Gasteiger partial charge in [0.15, 0.2) is 5.82 Å². The molecule has 3 heterocycles. The Balaban J connectivity index is 1.35. The van der Waals surface area contributed by atoms with E-state index >= 15 is 0 Å². The summed E-state index contributed by atoms with van der Waals surface area (Å²) in [6.45, 7) is 4.91. The van der Waals surface area contributed by atoms with Crippen LogP contribution in [0.5, 0.6) is 0 Å². The average molecular weight is 340 g/mol. The maximum atomic E-state index is 6.01. The molecule has 0 N–H and O–H groups in total. The van der Waals surface area contributed by atoms with Gasteiger partial charge in [-0.05, 0) is 49.9 Å². The molecule has 1 saturated heterocycles. The molecule has 2 aromatic heterocycles. The van der Waals surface area contributed by atoms with Gasteiger partial charge < -0.3 is 14.4 Å². The van der Waals surface area contributed by atoms with Gasteiger partial charge >= 0.3 is 0 Å². The smallest absolute Gasteiger partial charge is 0.151 e. The Morgan fingerprint density at radius 3 is 2.96 bits per heavy atom. The first-order valence-corrected chi connectivity index (χ1v) is 8.96. The fourth-order valence-electron chi connectivity index (χ4n) is 3.83. The molecular weight excluding hydrogens is 316 g/mol. The molecule has 132 valence electrons. The van der Waals surface area contributed by atoms with Gasteiger partial charge in [0.05, 0.1) is 43.4 Å². The van der Waals surface area contributed by atoms with E-state index in [2.05, 4.69) is 26.1 Å². The molecule has 0 amide bonds. The summed E-state index contributed by atoms with van der Waals surface area (Å²) in [4.78, 5) is 6.66. The second-order valence-electron chi connectivity index (χ2n) is 6.88. The summed E-state index contributed by atoms with van der Waals surface area (Å²) in [6, 6.07) is 10.4. The zero-order valence-corrected chi connectivity index (χ0v) is 14.5. The number of fused-ring (bicyclic) bond motifs is 1. The summed E-state index contributed by atoms with van der Waals surface area (Å²) >= 11 is 0. The zero-order valence-electron chi connectivity index (χ0n) is 14.5. The van der Waals surface area contributed by atoms with Gasteiger partial charge in [0.2, 0.25) is 0 Å². The summed E-state index contributed by atoms with van der Waals surface area (Å²) in [5, 5.41) is 8.58. The van der Waals surface area contributed by atoms with Crippen molar-refractivity contribution in [3.8, 4) is 0 Å². The van der Waals surface area contributed by atoms with E-state index in [4.69, 9.17) is 9.47 Å². The molecule has 0 radical (unpaired) electrons. The Morgan fingerprint density at radius 1 is 1.20 bits per heavy atom. The standard InChI is InChI=1S/C19H24N4O2/c1-14-5-6-19(22-21-14)23-8-9-25-18-11-15(10-17(18)23)12-24-13-16-4-2-3-7-20-16/h2-7,15,17-18H,8-13H2,1H3. The number of hydrogen-bond donors (Lipinski definition) is 0. The minimum atomic E-state index is 0.264. The van der Waals surface area contributed by atoms with Gasteiger partial charge in [-0.25, -0.2) is 0 Å². The third-order valence-corrected chi connectivity index (χ3v) is 5.04. The molecule has 0 spiro atoms. The third kappa shape index (κ3) is 3.80. The predicted octanol–water partition coefficient (Wildman–Crippen LogP) is 2.38. The van der Waals surface area contributed by atoms with Gasteiger partial charge in [0.25, 0.3) is 0 Å². The number of aromatic nitrogens is 3. The molecular formula is C19H24N4O2. The lowest BCUT2D eigenvalue weighted by Crippen LogP contribution is -2.49. The van der Waals surface area contributed by atoms with Crippen LogP contribution in [0, 0.1) is 12.8 Å². The maximum absolute atomic E-state index is 6.01. The van der Waals surface area contributed by atoms with Gasteiger partial charge in [-0.1, -0.05) is 6.07 Å². The lowest BCUT2D eigenvalue weighted by molar-refractivity contribution is 0.0201. The Kier molecular flexibility index (Phi) is 4.90. The van der Waals surface area contributed by atoms with E-state index in [9.17, 15) is 0 Å². The molecule has 25 heavy (non-hydrogen) atoms. The van der Waals surface area contributed by atoms with Crippen LogP contribution in [-0.4, -0.2) is 47.1 Å². The van der Waals surface area contributed by atoms with Crippen LogP contribution in [0.25, 0.3) is 0 Å². The molecule has 3 unspecified atom stereocenters. The highest BCUT2D eigenvalue weighted by atomic mass is 16.5. The number of pyridine rings is 1. The van der Waals surface area contributed by atoms with Crippen molar-refractivity contribution in [2.24, 2.45) is 5.92 Å². The topological polar surface area (TPSA) is 60.4 Å². The normalized spacial score (nSPS) is 25.8. The van der Waals surface area contributed by atoms with E-state index in [1.165, 1.54) is 0 Å². The number of nitrogens with zero attached hydrogens (tertiary/aromatic N) is 4. The van der Waals surface area contributed by atoms with E-state index in [-0.39, 0.29) is 6.10 Å². The van der Waals surface area contributed by atoms with E-state index in [1.807, 2.05) is 31.2 Å². The minimum absolute atomic E-state index is 0.264. The summed E-state index contributed by atoms with van der Waals surface area (Å²) in [6.07, 6.45) is 4.18. The van der Waals surface area contributed by atoms with Crippen molar-refractivity contribution >= 4 is 5.82 Å². The molecule has 1 aliphatic carbocycles.